The Morgan fingerprint density at radius 3 is 2.43 bits per heavy atom. The highest BCUT2D eigenvalue weighted by atomic mass is 32.2. The van der Waals surface area contributed by atoms with Gasteiger partial charge in [-0.15, -0.1) is 0 Å². The van der Waals surface area contributed by atoms with E-state index in [1.807, 2.05) is 6.07 Å². The van der Waals surface area contributed by atoms with E-state index in [1.54, 1.807) is 30.5 Å². The maximum Gasteiger partial charge on any atom is 0.292 e. The van der Waals surface area contributed by atoms with E-state index >= 15 is 0 Å². The Hall–Kier alpha value is -2.46. The molecule has 0 unspecified atom stereocenters. The van der Waals surface area contributed by atoms with Gasteiger partial charge in [0.05, 0.1) is 19.4 Å². The van der Waals surface area contributed by atoms with Crippen LogP contribution in [0.3, 0.4) is 0 Å². The van der Waals surface area contributed by atoms with Crippen LogP contribution in [0.5, 0.6) is 5.75 Å². The summed E-state index contributed by atoms with van der Waals surface area (Å²) >= 11 is 1.07. The number of aliphatic hydroxyl groups excluding tert-OH is 4. The Kier molecular flexibility index (Phi) is 6.77. The van der Waals surface area contributed by atoms with Crippen LogP contribution >= 0.6 is 11.8 Å². The highest BCUT2D eigenvalue weighted by molar-refractivity contribution is 7.98. The number of hydrogen-bond donors (Lipinski definition) is 4. The first-order valence-corrected chi connectivity index (χ1v) is 10.2. The molecule has 11 heteroatoms. The molecule has 0 amide bonds. The molecule has 0 aliphatic carbocycles. The molecule has 3 rings (SSSR count). The lowest BCUT2D eigenvalue weighted by Crippen LogP contribution is -2.57. The number of ether oxygens (including phenoxy) is 2. The van der Waals surface area contributed by atoms with Gasteiger partial charge in [-0.1, -0.05) is 11.8 Å². The monoisotopic (exact) mass is 435 g/mol. The van der Waals surface area contributed by atoms with Gasteiger partial charge in [0.2, 0.25) is 0 Å². The van der Waals surface area contributed by atoms with Gasteiger partial charge in [-0.05, 0) is 30.5 Å². The third-order valence-electron chi connectivity index (χ3n) is 4.87. The molecule has 1 saturated heterocycles. The number of nitrogens with zero attached hydrogens (tertiary/aromatic N) is 3. The molecule has 0 spiro atoms. The van der Waals surface area contributed by atoms with Gasteiger partial charge in [0.1, 0.15) is 41.8 Å². The average molecular weight is 435 g/mol. The van der Waals surface area contributed by atoms with E-state index < -0.39 is 42.8 Å². The summed E-state index contributed by atoms with van der Waals surface area (Å²) in [4.78, 5) is 16.4. The number of benzene rings is 1. The molecule has 1 aliphatic heterocycles. The van der Waals surface area contributed by atoms with Crippen molar-refractivity contribution >= 4 is 11.8 Å². The highest BCUT2D eigenvalue weighted by Gasteiger charge is 2.45. The van der Waals surface area contributed by atoms with Gasteiger partial charge >= 0.3 is 0 Å². The second-order valence-corrected chi connectivity index (χ2v) is 7.33. The molecule has 10 nitrogen and oxygen atoms in total. The third kappa shape index (κ3) is 3.81. The molecule has 1 fully saturated rings. The van der Waals surface area contributed by atoms with E-state index in [2.05, 4.69) is 4.98 Å². The predicted octanol–water partition coefficient (Wildman–Crippen LogP) is -0.515. The smallest absolute Gasteiger partial charge is 0.292 e. The average Bonchev–Trinajstić information content (AvgIpc) is 2.77. The first kappa shape index (κ1) is 22.2. The van der Waals surface area contributed by atoms with Crippen molar-refractivity contribution in [3.8, 4) is 23.1 Å². The van der Waals surface area contributed by atoms with Gasteiger partial charge < -0.3 is 29.9 Å². The maximum absolute atomic E-state index is 12.5. The maximum atomic E-state index is 12.5. The lowest BCUT2D eigenvalue weighted by atomic mass is 9.97. The molecule has 0 bridgehead atoms. The predicted molar refractivity (Wildman–Crippen MR) is 106 cm³/mol. The van der Waals surface area contributed by atoms with Crippen LogP contribution < -0.4 is 10.3 Å². The number of methoxy groups -OCH3 is 1. The quantitative estimate of drug-likeness (QED) is 0.356. The third-order valence-corrected chi connectivity index (χ3v) is 5.53. The topological polar surface area (TPSA) is 158 Å². The lowest BCUT2D eigenvalue weighted by molar-refractivity contribution is -0.253. The number of rotatable bonds is 5. The fourth-order valence-corrected chi connectivity index (χ4v) is 3.89. The molecule has 2 aromatic rings. The van der Waals surface area contributed by atoms with E-state index in [1.165, 1.54) is 11.7 Å². The SMILES string of the molecule is COc1ccc(-c2c(C#N)c(=O)nc(SC)n2[C@@H]2O[C@H](CO)[C@H](O)[C@H](O)[C@H]2O)cc1. The number of thioether (sulfide) groups is 1. The van der Waals surface area contributed by atoms with Gasteiger partial charge in [0, 0.05) is 5.56 Å². The van der Waals surface area contributed by atoms with Crippen molar-refractivity contribution in [3.63, 3.8) is 0 Å². The summed E-state index contributed by atoms with van der Waals surface area (Å²) in [5, 5.41) is 50.2. The largest absolute Gasteiger partial charge is 0.497 e. The van der Waals surface area contributed by atoms with Crippen molar-refractivity contribution in [2.24, 2.45) is 0 Å². The van der Waals surface area contributed by atoms with E-state index in [-0.39, 0.29) is 16.4 Å². The summed E-state index contributed by atoms with van der Waals surface area (Å²) in [6.45, 7) is -0.618. The van der Waals surface area contributed by atoms with Crippen LogP contribution in [0.25, 0.3) is 11.3 Å². The summed E-state index contributed by atoms with van der Waals surface area (Å²) in [6.07, 6.45) is -5.67. The van der Waals surface area contributed by atoms with E-state index in [0.29, 0.717) is 11.3 Å². The summed E-state index contributed by atoms with van der Waals surface area (Å²) in [6, 6.07) is 8.37. The number of hydrogen-bond acceptors (Lipinski definition) is 10. The van der Waals surface area contributed by atoms with Crippen molar-refractivity contribution in [2.45, 2.75) is 35.8 Å². The van der Waals surface area contributed by atoms with Crippen LogP contribution in [0.4, 0.5) is 0 Å². The number of aliphatic hydroxyl groups is 4. The Labute approximate surface area is 175 Å². The molecule has 160 valence electrons. The van der Waals surface area contributed by atoms with Gasteiger partial charge in [-0.3, -0.25) is 9.36 Å². The molecular formula is C19H21N3O7S. The van der Waals surface area contributed by atoms with Crippen LogP contribution in [-0.4, -0.2) is 74.4 Å². The van der Waals surface area contributed by atoms with Gasteiger partial charge in [0.15, 0.2) is 11.4 Å². The van der Waals surface area contributed by atoms with Crippen LogP contribution in [0.1, 0.15) is 11.8 Å². The van der Waals surface area contributed by atoms with Crippen molar-refractivity contribution in [1.82, 2.24) is 9.55 Å². The van der Waals surface area contributed by atoms with Crippen LogP contribution in [-0.2, 0) is 4.74 Å². The zero-order valence-corrected chi connectivity index (χ0v) is 17.0. The van der Waals surface area contributed by atoms with E-state index in [9.17, 15) is 30.5 Å². The Morgan fingerprint density at radius 2 is 1.90 bits per heavy atom. The van der Waals surface area contributed by atoms with E-state index in [0.717, 1.165) is 11.8 Å². The minimum absolute atomic E-state index is 0.119. The molecule has 2 heterocycles. The highest BCUT2D eigenvalue weighted by Crippen LogP contribution is 2.36. The van der Waals surface area contributed by atoms with E-state index in [4.69, 9.17) is 9.47 Å². The molecule has 1 aromatic carbocycles. The lowest BCUT2D eigenvalue weighted by Gasteiger charge is -2.42. The molecule has 1 aromatic heterocycles. The molecule has 5 atom stereocenters. The zero-order chi connectivity index (χ0) is 22.0. The second kappa shape index (κ2) is 9.13. The Balaban J connectivity index is 2.29. The minimum Gasteiger partial charge on any atom is -0.497 e. The van der Waals surface area contributed by atoms with Crippen molar-refractivity contribution < 1.29 is 29.9 Å². The summed E-state index contributed by atoms with van der Waals surface area (Å²) in [7, 11) is 1.50. The Bertz CT molecular complexity index is 1000. The first-order chi connectivity index (χ1) is 14.4. The van der Waals surface area contributed by atoms with Crippen LogP contribution in [0.2, 0.25) is 0 Å². The minimum atomic E-state index is -1.63. The second-order valence-electron chi connectivity index (χ2n) is 6.56. The molecule has 1 aliphatic rings. The van der Waals surface area contributed by atoms with Crippen molar-refractivity contribution in [2.75, 3.05) is 20.0 Å². The van der Waals surface area contributed by atoms with Crippen molar-refractivity contribution in [3.05, 3.63) is 40.2 Å². The molecule has 4 N–H and O–H groups in total. The molecule has 0 saturated carbocycles. The van der Waals surface area contributed by atoms with Gasteiger partial charge in [-0.25, -0.2) is 0 Å². The first-order valence-electron chi connectivity index (χ1n) is 8.93. The van der Waals surface area contributed by atoms with Gasteiger partial charge in [-0.2, -0.15) is 10.2 Å². The molecule has 0 radical (unpaired) electrons. The normalized spacial score (nSPS) is 26.2. The van der Waals surface area contributed by atoms with Crippen LogP contribution in [0.15, 0.2) is 34.2 Å². The summed E-state index contributed by atoms with van der Waals surface area (Å²) < 4.78 is 12.1. The fourth-order valence-electron chi connectivity index (χ4n) is 3.32. The molecule has 30 heavy (non-hydrogen) atoms. The summed E-state index contributed by atoms with van der Waals surface area (Å²) in [5.41, 5.74) is -0.476. The van der Waals surface area contributed by atoms with Crippen LogP contribution in [0, 0.1) is 11.3 Å². The van der Waals surface area contributed by atoms with Crippen molar-refractivity contribution in [1.29, 1.82) is 5.26 Å². The molecular weight excluding hydrogens is 414 g/mol. The number of nitriles is 1. The fraction of sp³-hybridized carbons (Fsp3) is 0.421. The van der Waals surface area contributed by atoms with Gasteiger partial charge in [0.25, 0.3) is 5.56 Å². The zero-order valence-electron chi connectivity index (χ0n) is 16.2. The Morgan fingerprint density at radius 1 is 1.23 bits per heavy atom. The standard InChI is InChI=1S/C19H21N3O7S/c1-28-10-5-3-9(4-6-10)13-11(7-20)17(27)21-19(30-2)22(13)18-16(26)15(25)14(24)12(8-23)29-18/h3-6,12,14-16,18,23-26H,8H2,1-2H3/t12-,14+,15+,16-,18-/m1/s1. The summed E-state index contributed by atoms with van der Waals surface area (Å²) in [5.74, 6) is 0.554. The number of aromatic nitrogens is 2.